The fraction of sp³-hybridized carbons (Fsp3) is 0.455. The maximum absolute atomic E-state index is 5.86. The smallest absolute Gasteiger partial charge is 0.0408 e. The summed E-state index contributed by atoms with van der Waals surface area (Å²) in [5, 5.41) is 4.13. The molecular weight excluding hydrogens is 182 g/mol. The first-order valence-electron chi connectivity index (χ1n) is 4.69. The summed E-state index contributed by atoms with van der Waals surface area (Å²) in [7, 11) is 0. The molecule has 0 aliphatic carbocycles. The van der Waals surface area contributed by atoms with E-state index in [0.717, 1.165) is 24.5 Å². The van der Waals surface area contributed by atoms with Gasteiger partial charge in [-0.05, 0) is 49.7 Å². The highest BCUT2D eigenvalue weighted by atomic mass is 35.5. The summed E-state index contributed by atoms with van der Waals surface area (Å²) in [5.41, 5.74) is 2.66. The van der Waals surface area contributed by atoms with Crippen LogP contribution in [0.4, 0.5) is 0 Å². The molecule has 1 rings (SSSR count). The molecule has 0 fully saturated rings. The van der Waals surface area contributed by atoms with Gasteiger partial charge in [0.2, 0.25) is 0 Å². The monoisotopic (exact) mass is 197 g/mol. The van der Waals surface area contributed by atoms with E-state index >= 15 is 0 Å². The molecule has 0 amide bonds. The number of likely N-dealkylation sites (N-methyl/N-ethyl adjacent to an activating group) is 1. The van der Waals surface area contributed by atoms with E-state index in [1.54, 1.807) is 0 Å². The molecule has 0 heterocycles. The van der Waals surface area contributed by atoms with E-state index in [1.165, 1.54) is 11.1 Å². The van der Waals surface area contributed by atoms with Gasteiger partial charge in [0.25, 0.3) is 0 Å². The molecule has 1 aromatic rings. The van der Waals surface area contributed by atoms with Gasteiger partial charge in [-0.15, -0.1) is 0 Å². The van der Waals surface area contributed by atoms with Crippen molar-refractivity contribution in [3.8, 4) is 0 Å². The first-order chi connectivity index (χ1) is 6.24. The van der Waals surface area contributed by atoms with E-state index < -0.39 is 0 Å². The molecule has 1 aromatic carbocycles. The molecular formula is C11H16ClN. The Balaban J connectivity index is 2.56. The normalized spacial score (nSPS) is 10.4. The molecule has 0 aromatic heterocycles. The summed E-state index contributed by atoms with van der Waals surface area (Å²) < 4.78 is 0. The van der Waals surface area contributed by atoms with Crippen LogP contribution in [0.3, 0.4) is 0 Å². The van der Waals surface area contributed by atoms with Gasteiger partial charge in [-0.25, -0.2) is 0 Å². The molecule has 0 bridgehead atoms. The lowest BCUT2D eigenvalue weighted by molar-refractivity contribution is 0.715. The molecule has 0 radical (unpaired) electrons. The largest absolute Gasteiger partial charge is 0.317 e. The predicted octanol–water partition coefficient (Wildman–Crippen LogP) is 2.80. The highest BCUT2D eigenvalue weighted by molar-refractivity contribution is 6.30. The lowest BCUT2D eigenvalue weighted by Crippen LogP contribution is -2.16. The first kappa shape index (κ1) is 10.6. The van der Waals surface area contributed by atoms with Crippen molar-refractivity contribution in [2.24, 2.45) is 0 Å². The third kappa shape index (κ3) is 3.37. The fourth-order valence-corrected chi connectivity index (χ4v) is 1.57. The Morgan fingerprint density at radius 3 is 2.77 bits per heavy atom. The third-order valence-corrected chi connectivity index (χ3v) is 2.36. The van der Waals surface area contributed by atoms with Gasteiger partial charge in [0.15, 0.2) is 0 Å². The summed E-state index contributed by atoms with van der Waals surface area (Å²) in [4.78, 5) is 0. The van der Waals surface area contributed by atoms with Gasteiger partial charge in [-0.2, -0.15) is 0 Å². The van der Waals surface area contributed by atoms with Crippen molar-refractivity contribution in [2.45, 2.75) is 20.3 Å². The minimum Gasteiger partial charge on any atom is -0.317 e. The van der Waals surface area contributed by atoms with Crippen LogP contribution in [0.2, 0.25) is 5.02 Å². The van der Waals surface area contributed by atoms with Crippen LogP contribution < -0.4 is 5.32 Å². The first-order valence-corrected chi connectivity index (χ1v) is 5.07. The number of benzene rings is 1. The standard InChI is InChI=1S/C11H16ClN/c1-3-13-7-6-10-4-5-11(12)8-9(10)2/h4-5,8,13H,3,6-7H2,1-2H3. The lowest BCUT2D eigenvalue weighted by atomic mass is 10.1. The van der Waals surface area contributed by atoms with E-state index in [-0.39, 0.29) is 0 Å². The molecule has 72 valence electrons. The van der Waals surface area contributed by atoms with Gasteiger partial charge in [-0.3, -0.25) is 0 Å². The number of halogens is 1. The molecule has 0 aliphatic rings. The highest BCUT2D eigenvalue weighted by Gasteiger charge is 1.97. The molecule has 1 N–H and O–H groups in total. The van der Waals surface area contributed by atoms with Crippen LogP contribution in [-0.2, 0) is 6.42 Å². The van der Waals surface area contributed by atoms with Crippen molar-refractivity contribution in [1.29, 1.82) is 0 Å². The Labute approximate surface area is 85.1 Å². The van der Waals surface area contributed by atoms with Gasteiger partial charge in [0.1, 0.15) is 0 Å². The zero-order valence-electron chi connectivity index (χ0n) is 8.23. The second-order valence-corrected chi connectivity index (χ2v) is 3.61. The maximum atomic E-state index is 5.86. The van der Waals surface area contributed by atoms with Gasteiger partial charge in [0.05, 0.1) is 0 Å². The molecule has 1 nitrogen and oxygen atoms in total. The molecule has 0 saturated heterocycles. The molecule has 0 saturated carbocycles. The molecule has 0 atom stereocenters. The molecule has 0 unspecified atom stereocenters. The molecule has 2 heteroatoms. The third-order valence-electron chi connectivity index (χ3n) is 2.13. The number of aryl methyl sites for hydroxylation is 1. The molecule has 13 heavy (non-hydrogen) atoms. The summed E-state index contributed by atoms with van der Waals surface area (Å²) in [6.45, 7) is 6.30. The van der Waals surface area contributed by atoms with Crippen molar-refractivity contribution >= 4 is 11.6 Å². The fourth-order valence-electron chi connectivity index (χ4n) is 1.34. The van der Waals surface area contributed by atoms with Crippen LogP contribution in [0.5, 0.6) is 0 Å². The Hall–Kier alpha value is -0.530. The molecule has 0 aliphatic heterocycles. The lowest BCUT2D eigenvalue weighted by Gasteiger charge is -2.06. The van der Waals surface area contributed by atoms with Crippen LogP contribution in [0.1, 0.15) is 18.1 Å². The van der Waals surface area contributed by atoms with Gasteiger partial charge < -0.3 is 5.32 Å². The van der Waals surface area contributed by atoms with Gasteiger partial charge in [-0.1, -0.05) is 24.6 Å². The topological polar surface area (TPSA) is 12.0 Å². The van der Waals surface area contributed by atoms with Crippen LogP contribution in [0, 0.1) is 6.92 Å². The summed E-state index contributed by atoms with van der Waals surface area (Å²) in [6, 6.07) is 6.08. The van der Waals surface area contributed by atoms with E-state index in [9.17, 15) is 0 Å². The van der Waals surface area contributed by atoms with Gasteiger partial charge >= 0.3 is 0 Å². The minimum absolute atomic E-state index is 0.824. The second-order valence-electron chi connectivity index (χ2n) is 3.17. The predicted molar refractivity (Wildman–Crippen MR) is 58.4 cm³/mol. The average Bonchev–Trinajstić information content (AvgIpc) is 2.09. The second kappa shape index (κ2) is 5.25. The van der Waals surface area contributed by atoms with E-state index in [1.807, 2.05) is 12.1 Å². The Morgan fingerprint density at radius 2 is 2.15 bits per heavy atom. The van der Waals surface area contributed by atoms with Crippen LogP contribution in [0.25, 0.3) is 0 Å². The van der Waals surface area contributed by atoms with Crippen molar-refractivity contribution in [3.05, 3.63) is 34.3 Å². The Morgan fingerprint density at radius 1 is 1.38 bits per heavy atom. The van der Waals surface area contributed by atoms with Crippen molar-refractivity contribution in [1.82, 2.24) is 5.32 Å². The van der Waals surface area contributed by atoms with Gasteiger partial charge in [0, 0.05) is 5.02 Å². The van der Waals surface area contributed by atoms with E-state index in [0.29, 0.717) is 0 Å². The summed E-state index contributed by atoms with van der Waals surface area (Å²) >= 11 is 5.86. The van der Waals surface area contributed by atoms with Crippen LogP contribution in [0.15, 0.2) is 18.2 Å². The van der Waals surface area contributed by atoms with Crippen molar-refractivity contribution in [2.75, 3.05) is 13.1 Å². The Bertz CT molecular complexity index is 271. The summed E-state index contributed by atoms with van der Waals surface area (Å²) in [5.74, 6) is 0. The SMILES string of the molecule is CCNCCc1ccc(Cl)cc1C. The number of rotatable bonds is 4. The highest BCUT2D eigenvalue weighted by Crippen LogP contribution is 2.15. The van der Waals surface area contributed by atoms with E-state index in [2.05, 4.69) is 25.2 Å². The average molecular weight is 198 g/mol. The number of hydrogen-bond acceptors (Lipinski definition) is 1. The minimum atomic E-state index is 0.824. The number of nitrogens with one attached hydrogen (secondary N) is 1. The van der Waals surface area contributed by atoms with Crippen LogP contribution in [-0.4, -0.2) is 13.1 Å². The zero-order chi connectivity index (χ0) is 9.68. The van der Waals surface area contributed by atoms with E-state index in [4.69, 9.17) is 11.6 Å². The number of hydrogen-bond donors (Lipinski definition) is 1. The summed E-state index contributed by atoms with van der Waals surface area (Å²) in [6.07, 6.45) is 1.08. The Kier molecular flexibility index (Phi) is 4.26. The quantitative estimate of drug-likeness (QED) is 0.733. The van der Waals surface area contributed by atoms with Crippen molar-refractivity contribution < 1.29 is 0 Å². The zero-order valence-corrected chi connectivity index (χ0v) is 8.99. The van der Waals surface area contributed by atoms with Crippen LogP contribution >= 0.6 is 11.6 Å². The maximum Gasteiger partial charge on any atom is 0.0408 e. The van der Waals surface area contributed by atoms with Crippen molar-refractivity contribution in [3.63, 3.8) is 0 Å². The molecule has 0 spiro atoms.